The molecule has 0 radical (unpaired) electrons. The van der Waals surface area contributed by atoms with E-state index in [9.17, 15) is 0 Å². The Kier molecular flexibility index (Phi) is 5.05. The van der Waals surface area contributed by atoms with Gasteiger partial charge in [-0.1, -0.05) is 24.9 Å². The lowest BCUT2D eigenvalue weighted by atomic mass is 10.1. The molecule has 0 bridgehead atoms. The molecule has 104 valence electrons. The summed E-state index contributed by atoms with van der Waals surface area (Å²) in [7, 11) is 2.53. The zero-order chi connectivity index (χ0) is 13.1. The van der Waals surface area contributed by atoms with Gasteiger partial charge in [0.2, 0.25) is 0 Å². The molecule has 0 N–H and O–H groups in total. The summed E-state index contributed by atoms with van der Waals surface area (Å²) in [5, 5.41) is 0.867. The molecule has 0 aromatic rings. The SMILES string of the molecule is C=S(CC=CC1C(C)N1C)C1CCN(CC)CC1. The molecule has 0 aliphatic carbocycles. The van der Waals surface area contributed by atoms with Crippen molar-refractivity contribution in [3.63, 3.8) is 0 Å². The molecule has 0 spiro atoms. The van der Waals surface area contributed by atoms with Gasteiger partial charge in [-0.3, -0.25) is 4.90 Å². The highest BCUT2D eigenvalue weighted by Crippen LogP contribution is 2.29. The Morgan fingerprint density at radius 2 is 1.94 bits per heavy atom. The van der Waals surface area contributed by atoms with Crippen LogP contribution in [0.15, 0.2) is 12.2 Å². The average Bonchev–Trinajstić information content (AvgIpc) is 2.97. The van der Waals surface area contributed by atoms with Crippen molar-refractivity contribution >= 4 is 16.4 Å². The largest absolute Gasteiger partial charge is 0.304 e. The minimum atomic E-state index is 0.333. The maximum Gasteiger partial charge on any atom is 0.0432 e. The number of hydrogen-bond donors (Lipinski definition) is 0. The molecule has 2 fully saturated rings. The second-order valence-corrected chi connectivity index (χ2v) is 7.74. The van der Waals surface area contributed by atoms with E-state index in [0.717, 1.165) is 11.3 Å². The van der Waals surface area contributed by atoms with Gasteiger partial charge in [0, 0.05) is 23.1 Å². The van der Waals surface area contributed by atoms with Crippen molar-refractivity contribution in [2.45, 2.75) is 44.0 Å². The van der Waals surface area contributed by atoms with Gasteiger partial charge in [0.1, 0.15) is 0 Å². The van der Waals surface area contributed by atoms with Crippen LogP contribution in [0.2, 0.25) is 0 Å². The standard InChI is InChI=1S/C15H28N2S/c1-5-17-10-8-14(9-11-17)18(4)12-6-7-15-13(2)16(15)3/h6-7,13-15H,4-5,8-12H2,1-3H3. The maximum absolute atomic E-state index is 4.41. The van der Waals surface area contributed by atoms with Crippen molar-refractivity contribution < 1.29 is 0 Å². The summed E-state index contributed by atoms with van der Waals surface area (Å²) in [4.78, 5) is 4.96. The van der Waals surface area contributed by atoms with Gasteiger partial charge in [0.05, 0.1) is 0 Å². The van der Waals surface area contributed by atoms with Gasteiger partial charge < -0.3 is 4.90 Å². The topological polar surface area (TPSA) is 6.25 Å². The molecular formula is C15H28N2S. The normalized spacial score (nSPS) is 36.1. The Morgan fingerprint density at radius 1 is 1.33 bits per heavy atom. The molecule has 0 amide bonds. The number of likely N-dealkylation sites (tertiary alicyclic amines) is 1. The molecule has 3 heteroatoms. The number of nitrogens with zero attached hydrogens (tertiary/aromatic N) is 2. The minimum Gasteiger partial charge on any atom is -0.304 e. The fraction of sp³-hybridized carbons (Fsp3) is 0.800. The Bertz CT molecular complexity index is 310. The first-order chi connectivity index (χ1) is 8.63. The van der Waals surface area contributed by atoms with Crippen molar-refractivity contribution in [3.8, 4) is 0 Å². The Labute approximate surface area is 115 Å². The summed E-state index contributed by atoms with van der Waals surface area (Å²) in [5.74, 6) is 5.60. The molecule has 2 heterocycles. The summed E-state index contributed by atoms with van der Waals surface area (Å²) in [6.45, 7) is 8.34. The van der Waals surface area contributed by atoms with E-state index in [4.69, 9.17) is 0 Å². The Hall–Kier alpha value is -0.120. The summed E-state index contributed by atoms with van der Waals surface area (Å²) in [5.41, 5.74) is 0. The molecule has 4 atom stereocenters. The van der Waals surface area contributed by atoms with Gasteiger partial charge in [0.25, 0.3) is 0 Å². The molecule has 0 aromatic carbocycles. The molecule has 0 aromatic heterocycles. The number of rotatable bonds is 5. The van der Waals surface area contributed by atoms with Crippen LogP contribution >= 0.6 is 10.5 Å². The lowest BCUT2D eigenvalue weighted by molar-refractivity contribution is 0.244. The minimum absolute atomic E-state index is 0.333. The van der Waals surface area contributed by atoms with Gasteiger partial charge in [-0.25, -0.2) is 0 Å². The van der Waals surface area contributed by atoms with Crippen LogP contribution < -0.4 is 0 Å². The summed E-state index contributed by atoms with van der Waals surface area (Å²) in [6.07, 6.45) is 7.48. The first-order valence-electron chi connectivity index (χ1n) is 7.23. The third kappa shape index (κ3) is 3.46. The number of piperidine rings is 1. The van der Waals surface area contributed by atoms with Crippen LogP contribution in [-0.2, 0) is 0 Å². The van der Waals surface area contributed by atoms with Crippen LogP contribution in [0.4, 0.5) is 0 Å². The van der Waals surface area contributed by atoms with E-state index in [1.54, 1.807) is 0 Å². The molecular weight excluding hydrogens is 240 g/mol. The van der Waals surface area contributed by atoms with Crippen molar-refractivity contribution in [2.75, 3.05) is 32.4 Å². The van der Waals surface area contributed by atoms with Gasteiger partial charge in [-0.05, 0) is 46.4 Å². The zero-order valence-electron chi connectivity index (χ0n) is 12.1. The van der Waals surface area contributed by atoms with Crippen LogP contribution in [0, 0.1) is 0 Å². The molecule has 2 nitrogen and oxygen atoms in total. The van der Waals surface area contributed by atoms with Crippen LogP contribution in [0.25, 0.3) is 0 Å². The zero-order valence-corrected chi connectivity index (χ0v) is 13.0. The fourth-order valence-corrected chi connectivity index (χ4v) is 4.34. The third-order valence-electron chi connectivity index (χ3n) is 4.61. The first-order valence-corrected chi connectivity index (χ1v) is 8.86. The highest BCUT2D eigenvalue weighted by atomic mass is 32.2. The lowest BCUT2D eigenvalue weighted by Crippen LogP contribution is -2.35. The quantitative estimate of drug-likeness (QED) is 0.429. The molecule has 2 aliphatic heterocycles. The van der Waals surface area contributed by atoms with Crippen LogP contribution in [0.5, 0.6) is 0 Å². The van der Waals surface area contributed by atoms with E-state index in [1.165, 1.54) is 38.2 Å². The van der Waals surface area contributed by atoms with E-state index in [0.29, 0.717) is 16.5 Å². The van der Waals surface area contributed by atoms with Crippen molar-refractivity contribution in [3.05, 3.63) is 12.2 Å². The van der Waals surface area contributed by atoms with Crippen molar-refractivity contribution in [1.29, 1.82) is 0 Å². The molecule has 4 unspecified atom stereocenters. The molecule has 2 rings (SSSR count). The number of likely N-dealkylation sites (N-methyl/N-ethyl adjacent to an activating group) is 1. The van der Waals surface area contributed by atoms with Gasteiger partial charge in [-0.2, -0.15) is 10.5 Å². The monoisotopic (exact) mass is 268 g/mol. The lowest BCUT2D eigenvalue weighted by Gasteiger charge is -2.32. The van der Waals surface area contributed by atoms with Crippen molar-refractivity contribution in [2.24, 2.45) is 0 Å². The smallest absolute Gasteiger partial charge is 0.0432 e. The van der Waals surface area contributed by atoms with E-state index >= 15 is 0 Å². The van der Waals surface area contributed by atoms with Crippen molar-refractivity contribution in [1.82, 2.24) is 9.80 Å². The molecule has 18 heavy (non-hydrogen) atoms. The van der Waals surface area contributed by atoms with Crippen LogP contribution in [-0.4, -0.2) is 65.4 Å². The van der Waals surface area contributed by atoms with Gasteiger partial charge in [-0.15, -0.1) is 0 Å². The molecule has 2 aliphatic rings. The highest BCUT2D eigenvalue weighted by molar-refractivity contribution is 8.14. The van der Waals surface area contributed by atoms with E-state index in [-0.39, 0.29) is 0 Å². The Morgan fingerprint density at radius 3 is 2.44 bits per heavy atom. The first kappa shape index (κ1) is 14.3. The Balaban J connectivity index is 1.69. The van der Waals surface area contributed by atoms with E-state index in [2.05, 4.69) is 48.7 Å². The highest BCUT2D eigenvalue weighted by Gasteiger charge is 2.37. The molecule has 2 saturated heterocycles. The maximum atomic E-state index is 4.41. The molecule has 0 saturated carbocycles. The van der Waals surface area contributed by atoms with Crippen LogP contribution in [0.3, 0.4) is 0 Å². The second kappa shape index (κ2) is 6.36. The second-order valence-electron chi connectivity index (χ2n) is 5.66. The summed E-state index contributed by atoms with van der Waals surface area (Å²) >= 11 is 0. The fourth-order valence-electron chi connectivity index (χ4n) is 2.83. The predicted octanol–water partition coefficient (Wildman–Crippen LogP) is 2.43. The number of hydrogen-bond acceptors (Lipinski definition) is 2. The average molecular weight is 268 g/mol. The summed E-state index contributed by atoms with van der Waals surface area (Å²) in [6, 6.07) is 1.45. The van der Waals surface area contributed by atoms with Gasteiger partial charge in [0.15, 0.2) is 0 Å². The predicted molar refractivity (Wildman–Crippen MR) is 84.9 cm³/mol. The van der Waals surface area contributed by atoms with E-state index in [1.807, 2.05) is 0 Å². The van der Waals surface area contributed by atoms with Crippen LogP contribution in [0.1, 0.15) is 26.7 Å². The summed E-state index contributed by atoms with van der Waals surface area (Å²) < 4.78 is 0. The van der Waals surface area contributed by atoms with E-state index < -0.39 is 0 Å². The third-order valence-corrected chi connectivity index (χ3v) is 6.65. The van der Waals surface area contributed by atoms with Gasteiger partial charge >= 0.3 is 0 Å².